The molecule has 1 aromatic heterocycles. The Bertz CT molecular complexity index is 514. The first-order valence-electron chi connectivity index (χ1n) is 6.00. The maximum Gasteiger partial charge on any atom is 0.226 e. The maximum absolute atomic E-state index is 13.3. The zero-order valence-electron chi connectivity index (χ0n) is 10.8. The molecule has 1 heterocycles. The predicted molar refractivity (Wildman–Crippen MR) is 68.6 cm³/mol. The summed E-state index contributed by atoms with van der Waals surface area (Å²) >= 11 is 0. The summed E-state index contributed by atoms with van der Waals surface area (Å²) in [4.78, 5) is 4.34. The highest BCUT2D eigenvalue weighted by molar-refractivity contribution is 5.54. The van der Waals surface area contributed by atoms with E-state index in [2.05, 4.69) is 24.1 Å². The van der Waals surface area contributed by atoms with E-state index in [1.165, 1.54) is 12.1 Å². The van der Waals surface area contributed by atoms with E-state index in [0.29, 0.717) is 24.0 Å². The highest BCUT2D eigenvalue weighted by Crippen LogP contribution is 2.21. The molecule has 18 heavy (non-hydrogen) atoms. The average Bonchev–Trinajstić information content (AvgIpc) is 2.73. The van der Waals surface area contributed by atoms with Crippen LogP contribution in [0.5, 0.6) is 0 Å². The zero-order chi connectivity index (χ0) is 13.1. The summed E-state index contributed by atoms with van der Waals surface area (Å²) in [7, 11) is 0. The van der Waals surface area contributed by atoms with Crippen molar-refractivity contribution in [2.75, 3.05) is 0 Å². The quantitative estimate of drug-likeness (QED) is 0.902. The Morgan fingerprint density at radius 1 is 1.33 bits per heavy atom. The standard InChI is InChI=1S/C14H17FN2O/c1-9(2)16-7-13-8-18-14(17-13)11-4-10(3)5-12(15)6-11/h4-6,8-9,16H,7H2,1-3H3. The van der Waals surface area contributed by atoms with Crippen molar-refractivity contribution >= 4 is 0 Å². The summed E-state index contributed by atoms with van der Waals surface area (Å²) in [6.07, 6.45) is 1.60. The summed E-state index contributed by atoms with van der Waals surface area (Å²) in [6.45, 7) is 6.63. The van der Waals surface area contributed by atoms with Crippen molar-refractivity contribution in [3.05, 3.63) is 41.5 Å². The van der Waals surface area contributed by atoms with Crippen LogP contribution in [-0.4, -0.2) is 11.0 Å². The van der Waals surface area contributed by atoms with E-state index in [-0.39, 0.29) is 5.82 Å². The summed E-state index contributed by atoms with van der Waals surface area (Å²) < 4.78 is 18.7. The molecule has 2 rings (SSSR count). The lowest BCUT2D eigenvalue weighted by molar-refractivity contribution is 0.559. The molecule has 0 atom stereocenters. The smallest absolute Gasteiger partial charge is 0.226 e. The molecule has 0 amide bonds. The molecule has 4 heteroatoms. The Kier molecular flexibility index (Phi) is 3.77. The fourth-order valence-corrected chi connectivity index (χ4v) is 1.69. The molecule has 0 unspecified atom stereocenters. The third-order valence-electron chi connectivity index (χ3n) is 2.53. The van der Waals surface area contributed by atoms with Gasteiger partial charge in [-0.3, -0.25) is 0 Å². The predicted octanol–water partition coefficient (Wildman–Crippen LogP) is 3.29. The summed E-state index contributed by atoms with van der Waals surface area (Å²) in [5, 5.41) is 3.25. The Balaban J connectivity index is 2.18. The van der Waals surface area contributed by atoms with Crippen molar-refractivity contribution < 1.29 is 8.81 Å². The monoisotopic (exact) mass is 248 g/mol. The third kappa shape index (κ3) is 3.17. The third-order valence-corrected chi connectivity index (χ3v) is 2.53. The van der Waals surface area contributed by atoms with Gasteiger partial charge in [0.15, 0.2) is 0 Å². The molecule has 1 N–H and O–H groups in total. The van der Waals surface area contributed by atoms with Gasteiger partial charge in [0.1, 0.15) is 12.1 Å². The SMILES string of the molecule is Cc1cc(F)cc(-c2nc(CNC(C)C)co2)c1. The van der Waals surface area contributed by atoms with Gasteiger partial charge in [0, 0.05) is 18.2 Å². The van der Waals surface area contributed by atoms with Crippen molar-refractivity contribution in [1.82, 2.24) is 10.3 Å². The average molecular weight is 248 g/mol. The summed E-state index contributed by atoms with van der Waals surface area (Å²) in [5.41, 5.74) is 2.34. The fraction of sp³-hybridized carbons (Fsp3) is 0.357. The molecule has 0 aliphatic carbocycles. The van der Waals surface area contributed by atoms with Gasteiger partial charge in [0.05, 0.1) is 5.69 Å². The molecule has 0 fully saturated rings. The number of aryl methyl sites for hydroxylation is 1. The van der Waals surface area contributed by atoms with Crippen molar-refractivity contribution in [3.8, 4) is 11.5 Å². The van der Waals surface area contributed by atoms with E-state index in [1.54, 1.807) is 6.26 Å². The second-order valence-corrected chi connectivity index (χ2v) is 4.70. The normalized spacial score (nSPS) is 11.2. The lowest BCUT2D eigenvalue weighted by atomic mass is 10.1. The number of hydrogen-bond donors (Lipinski definition) is 1. The van der Waals surface area contributed by atoms with Crippen LogP contribution in [0.4, 0.5) is 4.39 Å². The van der Waals surface area contributed by atoms with Gasteiger partial charge in [-0.05, 0) is 30.7 Å². The number of aromatic nitrogens is 1. The molecule has 0 aliphatic rings. The molecule has 0 bridgehead atoms. The molecule has 2 aromatic rings. The van der Waals surface area contributed by atoms with E-state index in [0.717, 1.165) is 11.3 Å². The molecule has 0 saturated heterocycles. The topological polar surface area (TPSA) is 38.1 Å². The van der Waals surface area contributed by atoms with Crippen molar-refractivity contribution in [2.24, 2.45) is 0 Å². The number of benzene rings is 1. The second kappa shape index (κ2) is 5.31. The van der Waals surface area contributed by atoms with Crippen LogP contribution in [0, 0.1) is 12.7 Å². The van der Waals surface area contributed by atoms with E-state index in [1.807, 2.05) is 13.0 Å². The van der Waals surface area contributed by atoms with Crippen LogP contribution in [-0.2, 0) is 6.54 Å². The number of rotatable bonds is 4. The maximum atomic E-state index is 13.3. The number of nitrogens with zero attached hydrogens (tertiary/aromatic N) is 1. The van der Waals surface area contributed by atoms with Gasteiger partial charge in [-0.2, -0.15) is 0 Å². The van der Waals surface area contributed by atoms with Gasteiger partial charge in [-0.25, -0.2) is 9.37 Å². The fourth-order valence-electron chi connectivity index (χ4n) is 1.69. The highest BCUT2D eigenvalue weighted by atomic mass is 19.1. The Labute approximate surface area is 106 Å². The van der Waals surface area contributed by atoms with E-state index < -0.39 is 0 Å². The van der Waals surface area contributed by atoms with Crippen molar-refractivity contribution in [2.45, 2.75) is 33.4 Å². The van der Waals surface area contributed by atoms with Crippen LogP contribution >= 0.6 is 0 Å². The molecule has 0 saturated carbocycles. The first-order chi connectivity index (χ1) is 8.54. The van der Waals surface area contributed by atoms with Crippen molar-refractivity contribution in [3.63, 3.8) is 0 Å². The van der Waals surface area contributed by atoms with Crippen LogP contribution in [0.15, 0.2) is 28.9 Å². The largest absolute Gasteiger partial charge is 0.444 e. The summed E-state index contributed by atoms with van der Waals surface area (Å²) in [6, 6.07) is 5.15. The minimum absolute atomic E-state index is 0.273. The molecule has 0 radical (unpaired) electrons. The molecule has 96 valence electrons. The van der Waals surface area contributed by atoms with Crippen LogP contribution in [0.2, 0.25) is 0 Å². The zero-order valence-corrected chi connectivity index (χ0v) is 10.8. The molecule has 1 aromatic carbocycles. The summed E-state index contributed by atoms with van der Waals surface area (Å²) in [5.74, 6) is 0.184. The molecule has 3 nitrogen and oxygen atoms in total. The van der Waals surface area contributed by atoms with Crippen molar-refractivity contribution in [1.29, 1.82) is 0 Å². The van der Waals surface area contributed by atoms with Crippen LogP contribution < -0.4 is 5.32 Å². The van der Waals surface area contributed by atoms with Gasteiger partial charge in [-0.15, -0.1) is 0 Å². The minimum atomic E-state index is -0.273. The Hall–Kier alpha value is -1.68. The van der Waals surface area contributed by atoms with Gasteiger partial charge in [-0.1, -0.05) is 13.8 Å². The van der Waals surface area contributed by atoms with Crippen LogP contribution in [0.25, 0.3) is 11.5 Å². The van der Waals surface area contributed by atoms with E-state index in [4.69, 9.17) is 4.42 Å². The first kappa shape index (κ1) is 12.8. The number of hydrogen-bond acceptors (Lipinski definition) is 3. The molecular weight excluding hydrogens is 231 g/mol. The molecule has 0 aliphatic heterocycles. The second-order valence-electron chi connectivity index (χ2n) is 4.70. The Morgan fingerprint density at radius 3 is 2.78 bits per heavy atom. The molecular formula is C14H17FN2O. The van der Waals surface area contributed by atoms with Gasteiger partial charge in [0.25, 0.3) is 0 Å². The first-order valence-corrected chi connectivity index (χ1v) is 6.00. The van der Waals surface area contributed by atoms with Gasteiger partial charge < -0.3 is 9.73 Å². The highest BCUT2D eigenvalue weighted by Gasteiger charge is 2.08. The lowest BCUT2D eigenvalue weighted by Crippen LogP contribution is -2.21. The van der Waals surface area contributed by atoms with E-state index in [9.17, 15) is 4.39 Å². The molecule has 0 spiro atoms. The van der Waals surface area contributed by atoms with Crippen LogP contribution in [0.1, 0.15) is 25.1 Å². The van der Waals surface area contributed by atoms with Crippen LogP contribution in [0.3, 0.4) is 0 Å². The Morgan fingerprint density at radius 2 is 2.11 bits per heavy atom. The number of halogens is 1. The van der Waals surface area contributed by atoms with Gasteiger partial charge >= 0.3 is 0 Å². The minimum Gasteiger partial charge on any atom is -0.444 e. The van der Waals surface area contributed by atoms with Gasteiger partial charge in [0.2, 0.25) is 5.89 Å². The van der Waals surface area contributed by atoms with E-state index >= 15 is 0 Å². The number of nitrogens with one attached hydrogen (secondary N) is 1. The number of oxazole rings is 1. The lowest BCUT2D eigenvalue weighted by Gasteiger charge is -2.04.